The zero-order valence-electron chi connectivity index (χ0n) is 17.8. The van der Waals surface area contributed by atoms with E-state index in [1.54, 1.807) is 17.0 Å². The Hall–Kier alpha value is -3.41. The Bertz CT molecular complexity index is 900. The molecule has 0 aliphatic carbocycles. The van der Waals surface area contributed by atoms with Gasteiger partial charge < -0.3 is 15.0 Å². The maximum Gasteiger partial charge on any atom is 0.355 e. The van der Waals surface area contributed by atoms with Gasteiger partial charge in [-0.05, 0) is 38.0 Å². The van der Waals surface area contributed by atoms with Crippen LogP contribution in [0.5, 0.6) is 0 Å². The second-order valence-corrected chi connectivity index (χ2v) is 7.86. The van der Waals surface area contributed by atoms with Crippen LogP contribution in [0.3, 0.4) is 0 Å². The summed E-state index contributed by atoms with van der Waals surface area (Å²) in [4.78, 5) is 38.5. The molecular weight excluding hydrogens is 380 g/mol. The zero-order chi connectivity index (χ0) is 22.1. The lowest BCUT2D eigenvalue weighted by molar-refractivity contribution is -0.152. The molecule has 2 amide bonds. The van der Waals surface area contributed by atoms with Gasteiger partial charge in [0.2, 0.25) is 5.91 Å². The predicted octanol–water partition coefficient (Wildman–Crippen LogP) is 3.53. The van der Waals surface area contributed by atoms with Gasteiger partial charge in [0.15, 0.2) is 6.61 Å². The van der Waals surface area contributed by atoms with Crippen LogP contribution in [0.2, 0.25) is 0 Å². The topological polar surface area (TPSA) is 75.7 Å². The Kier molecular flexibility index (Phi) is 7.92. The fourth-order valence-corrected chi connectivity index (χ4v) is 2.80. The van der Waals surface area contributed by atoms with E-state index < -0.39 is 24.0 Å². The molecule has 0 fully saturated rings. The Balaban J connectivity index is 2.11. The van der Waals surface area contributed by atoms with Crippen LogP contribution in [0.15, 0.2) is 66.4 Å². The number of nitrogens with zero attached hydrogens (tertiary/aromatic N) is 1. The summed E-state index contributed by atoms with van der Waals surface area (Å²) in [6.07, 6.45) is 1.51. The van der Waals surface area contributed by atoms with E-state index in [9.17, 15) is 14.4 Å². The first-order chi connectivity index (χ1) is 14.2. The Morgan fingerprint density at radius 3 is 2.07 bits per heavy atom. The summed E-state index contributed by atoms with van der Waals surface area (Å²) in [5, 5.41) is 2.47. The number of hydrogen-bond acceptors (Lipinski definition) is 4. The first kappa shape index (κ1) is 22.9. The maximum atomic E-state index is 12.8. The Labute approximate surface area is 177 Å². The largest absolute Gasteiger partial charge is 0.451 e. The van der Waals surface area contributed by atoms with Crippen molar-refractivity contribution in [2.75, 3.05) is 6.61 Å². The van der Waals surface area contributed by atoms with E-state index in [2.05, 4.69) is 5.32 Å². The van der Waals surface area contributed by atoms with Crippen molar-refractivity contribution in [2.24, 2.45) is 0 Å². The maximum absolute atomic E-state index is 12.8. The molecule has 6 heteroatoms. The molecule has 0 saturated carbocycles. The highest BCUT2D eigenvalue weighted by Crippen LogP contribution is 2.18. The number of carbonyl (C=O) groups excluding carboxylic acids is 3. The number of hydrogen-bond donors (Lipinski definition) is 1. The SMILES string of the molecule is CC(=O)N/C(=C\c1ccccc1)C(=O)OCC(=O)N(Cc1ccccc1)C(C)(C)C. The van der Waals surface area contributed by atoms with Crippen molar-refractivity contribution in [1.29, 1.82) is 0 Å². The van der Waals surface area contributed by atoms with E-state index in [-0.39, 0.29) is 11.6 Å². The molecule has 0 aromatic heterocycles. The minimum absolute atomic E-state index is 0.0214. The number of ether oxygens (including phenoxy) is 1. The van der Waals surface area contributed by atoms with Crippen molar-refractivity contribution in [3.05, 3.63) is 77.5 Å². The molecule has 0 aliphatic rings. The van der Waals surface area contributed by atoms with E-state index in [1.165, 1.54) is 13.0 Å². The first-order valence-electron chi connectivity index (χ1n) is 9.72. The standard InChI is InChI=1S/C24H28N2O4/c1-18(27)25-21(15-19-11-7-5-8-12-19)23(29)30-17-22(28)26(24(2,3)4)16-20-13-9-6-10-14-20/h5-15H,16-17H2,1-4H3,(H,25,27)/b21-15-. The third kappa shape index (κ3) is 7.20. The van der Waals surface area contributed by atoms with Gasteiger partial charge in [0.1, 0.15) is 5.70 Å². The second-order valence-electron chi connectivity index (χ2n) is 7.86. The molecular formula is C24H28N2O4. The van der Waals surface area contributed by atoms with Gasteiger partial charge in [-0.1, -0.05) is 60.7 Å². The normalized spacial score (nSPS) is 11.5. The highest BCUT2D eigenvalue weighted by Gasteiger charge is 2.27. The third-order valence-electron chi connectivity index (χ3n) is 4.26. The fourth-order valence-electron chi connectivity index (χ4n) is 2.80. The first-order valence-corrected chi connectivity index (χ1v) is 9.72. The number of benzene rings is 2. The van der Waals surface area contributed by atoms with E-state index in [0.717, 1.165) is 11.1 Å². The van der Waals surface area contributed by atoms with Crippen LogP contribution in [0.4, 0.5) is 0 Å². The summed E-state index contributed by atoms with van der Waals surface area (Å²) >= 11 is 0. The lowest BCUT2D eigenvalue weighted by atomic mass is 10.0. The van der Waals surface area contributed by atoms with Crippen LogP contribution in [-0.2, 0) is 25.7 Å². The summed E-state index contributed by atoms with van der Waals surface area (Å²) in [7, 11) is 0. The lowest BCUT2D eigenvalue weighted by Gasteiger charge is -2.35. The quantitative estimate of drug-likeness (QED) is 0.562. The monoisotopic (exact) mass is 408 g/mol. The summed E-state index contributed by atoms with van der Waals surface area (Å²) in [6, 6.07) is 18.7. The van der Waals surface area contributed by atoms with Crippen LogP contribution < -0.4 is 5.32 Å². The minimum atomic E-state index is -0.768. The third-order valence-corrected chi connectivity index (χ3v) is 4.26. The molecule has 0 radical (unpaired) electrons. The van der Waals surface area contributed by atoms with Gasteiger partial charge in [0.05, 0.1) is 0 Å². The fraction of sp³-hybridized carbons (Fsp3) is 0.292. The summed E-state index contributed by atoms with van der Waals surface area (Å²) in [6.45, 7) is 7.06. The van der Waals surface area contributed by atoms with Crippen molar-refractivity contribution < 1.29 is 19.1 Å². The van der Waals surface area contributed by atoms with Gasteiger partial charge >= 0.3 is 5.97 Å². The average molecular weight is 408 g/mol. The Morgan fingerprint density at radius 2 is 1.53 bits per heavy atom. The van der Waals surface area contributed by atoms with E-state index >= 15 is 0 Å². The highest BCUT2D eigenvalue weighted by atomic mass is 16.5. The molecule has 2 aromatic carbocycles. The summed E-state index contributed by atoms with van der Waals surface area (Å²) in [5.74, 6) is -1.49. The number of rotatable bonds is 7. The van der Waals surface area contributed by atoms with Crippen molar-refractivity contribution >= 4 is 23.9 Å². The van der Waals surface area contributed by atoms with Crippen molar-refractivity contribution in [3.63, 3.8) is 0 Å². The summed E-state index contributed by atoms with van der Waals surface area (Å²) in [5.41, 5.74) is 1.23. The van der Waals surface area contributed by atoms with Crippen molar-refractivity contribution in [1.82, 2.24) is 10.2 Å². The molecule has 0 heterocycles. The molecule has 2 aromatic rings. The molecule has 1 N–H and O–H groups in total. The molecule has 158 valence electrons. The summed E-state index contributed by atoms with van der Waals surface area (Å²) < 4.78 is 5.24. The van der Waals surface area contributed by atoms with E-state index in [4.69, 9.17) is 4.74 Å². The minimum Gasteiger partial charge on any atom is -0.451 e. The molecule has 0 unspecified atom stereocenters. The molecule has 0 saturated heterocycles. The van der Waals surface area contributed by atoms with Crippen LogP contribution >= 0.6 is 0 Å². The van der Waals surface area contributed by atoms with Gasteiger partial charge in [-0.25, -0.2) is 4.79 Å². The van der Waals surface area contributed by atoms with Gasteiger partial charge in [0, 0.05) is 19.0 Å². The van der Waals surface area contributed by atoms with Crippen LogP contribution in [0.1, 0.15) is 38.8 Å². The van der Waals surface area contributed by atoms with Crippen LogP contribution in [0, 0.1) is 0 Å². The zero-order valence-corrected chi connectivity index (χ0v) is 17.8. The molecule has 0 bridgehead atoms. The predicted molar refractivity (Wildman–Crippen MR) is 116 cm³/mol. The van der Waals surface area contributed by atoms with Crippen LogP contribution in [-0.4, -0.2) is 34.8 Å². The second kappa shape index (κ2) is 10.4. The molecule has 30 heavy (non-hydrogen) atoms. The number of carbonyl (C=O) groups is 3. The van der Waals surface area contributed by atoms with Gasteiger partial charge in [-0.2, -0.15) is 0 Å². The van der Waals surface area contributed by atoms with Crippen LogP contribution in [0.25, 0.3) is 6.08 Å². The van der Waals surface area contributed by atoms with Gasteiger partial charge in [-0.3, -0.25) is 9.59 Å². The molecule has 0 aliphatic heterocycles. The van der Waals surface area contributed by atoms with E-state index in [1.807, 2.05) is 69.3 Å². The van der Waals surface area contributed by atoms with Crippen molar-refractivity contribution in [2.45, 2.75) is 39.8 Å². The van der Waals surface area contributed by atoms with Crippen molar-refractivity contribution in [3.8, 4) is 0 Å². The number of nitrogens with one attached hydrogen (secondary N) is 1. The molecule has 0 spiro atoms. The van der Waals surface area contributed by atoms with E-state index in [0.29, 0.717) is 6.54 Å². The average Bonchev–Trinajstić information content (AvgIpc) is 2.70. The number of esters is 1. The smallest absolute Gasteiger partial charge is 0.355 e. The Morgan fingerprint density at radius 1 is 0.967 bits per heavy atom. The van der Waals surface area contributed by atoms with Gasteiger partial charge in [-0.15, -0.1) is 0 Å². The number of amides is 2. The van der Waals surface area contributed by atoms with Gasteiger partial charge in [0.25, 0.3) is 5.91 Å². The lowest BCUT2D eigenvalue weighted by Crippen LogP contribution is -2.47. The molecule has 0 atom stereocenters. The highest BCUT2D eigenvalue weighted by molar-refractivity contribution is 5.98. The molecule has 6 nitrogen and oxygen atoms in total. The molecule has 2 rings (SSSR count).